The molecule has 2 rings (SSSR count). The fourth-order valence-electron chi connectivity index (χ4n) is 2.73. The highest BCUT2D eigenvalue weighted by atomic mass is 16.5. The molecule has 0 radical (unpaired) electrons. The first-order valence-electron chi connectivity index (χ1n) is 5.68. The van der Waals surface area contributed by atoms with E-state index >= 15 is 0 Å². The summed E-state index contributed by atoms with van der Waals surface area (Å²) < 4.78 is 10.3. The number of fused-ring (bicyclic) bond motifs is 2. The zero-order valence-corrected chi connectivity index (χ0v) is 9.15. The van der Waals surface area contributed by atoms with Gasteiger partial charge in [0.25, 0.3) is 0 Å². The van der Waals surface area contributed by atoms with E-state index in [0.717, 1.165) is 12.8 Å². The highest BCUT2D eigenvalue weighted by Crippen LogP contribution is 2.40. The quantitative estimate of drug-likeness (QED) is 0.703. The predicted molar refractivity (Wildman–Crippen MR) is 55.2 cm³/mol. The summed E-state index contributed by atoms with van der Waals surface area (Å²) in [6.45, 7) is 0. The zero-order valence-electron chi connectivity index (χ0n) is 9.15. The molecule has 2 aliphatic heterocycles. The Hall–Kier alpha value is -0.610. The lowest BCUT2D eigenvalue weighted by molar-refractivity contribution is -0.140. The smallest absolute Gasteiger partial charge is 0.305 e. The summed E-state index contributed by atoms with van der Waals surface area (Å²) in [5.41, 5.74) is 6.08. The van der Waals surface area contributed by atoms with E-state index in [1.54, 1.807) is 0 Å². The van der Waals surface area contributed by atoms with Crippen LogP contribution in [0.4, 0.5) is 0 Å². The van der Waals surface area contributed by atoms with Gasteiger partial charge in [0.05, 0.1) is 19.3 Å². The van der Waals surface area contributed by atoms with Gasteiger partial charge in [-0.3, -0.25) is 4.79 Å². The van der Waals surface area contributed by atoms with E-state index in [0.29, 0.717) is 31.0 Å². The molecule has 0 aromatic carbocycles. The molecule has 4 unspecified atom stereocenters. The number of carbonyl (C=O) groups is 1. The van der Waals surface area contributed by atoms with Crippen LogP contribution in [0.15, 0.2) is 0 Å². The maximum absolute atomic E-state index is 11.0. The van der Waals surface area contributed by atoms with E-state index in [1.807, 2.05) is 0 Å². The molecule has 2 aliphatic rings. The highest BCUT2D eigenvalue weighted by Gasteiger charge is 2.43. The molecular formula is C11H19NO3. The Bertz CT molecular complexity index is 244. The van der Waals surface area contributed by atoms with Gasteiger partial charge in [-0.25, -0.2) is 0 Å². The number of esters is 1. The molecule has 15 heavy (non-hydrogen) atoms. The number of carbonyl (C=O) groups excluding carboxylic acids is 1. The van der Waals surface area contributed by atoms with Crippen LogP contribution < -0.4 is 5.73 Å². The van der Waals surface area contributed by atoms with Crippen molar-refractivity contribution >= 4 is 5.97 Å². The Labute approximate surface area is 90.1 Å². The van der Waals surface area contributed by atoms with Crippen LogP contribution in [-0.4, -0.2) is 31.3 Å². The third-order valence-corrected chi connectivity index (χ3v) is 3.61. The molecule has 4 nitrogen and oxygen atoms in total. The second-order valence-corrected chi connectivity index (χ2v) is 4.55. The number of hydrogen-bond donors (Lipinski definition) is 1. The number of rotatable bonds is 4. The molecule has 2 fully saturated rings. The van der Waals surface area contributed by atoms with E-state index in [9.17, 15) is 4.79 Å². The summed E-state index contributed by atoms with van der Waals surface area (Å²) >= 11 is 0. The van der Waals surface area contributed by atoms with Crippen LogP contribution in [0.25, 0.3) is 0 Å². The van der Waals surface area contributed by atoms with Gasteiger partial charge in [0.2, 0.25) is 0 Å². The third kappa shape index (κ3) is 2.32. The van der Waals surface area contributed by atoms with Crippen molar-refractivity contribution in [3.05, 3.63) is 0 Å². The monoisotopic (exact) mass is 213 g/mol. The van der Waals surface area contributed by atoms with Crippen molar-refractivity contribution in [1.29, 1.82) is 0 Å². The maximum atomic E-state index is 11.0. The molecule has 0 spiro atoms. The van der Waals surface area contributed by atoms with Crippen LogP contribution in [-0.2, 0) is 14.3 Å². The number of nitrogens with two attached hydrogens (primary N) is 1. The van der Waals surface area contributed by atoms with Crippen LogP contribution >= 0.6 is 0 Å². The predicted octanol–water partition coefficient (Wildman–Crippen LogP) is 0.834. The van der Waals surface area contributed by atoms with Gasteiger partial charge in [0.15, 0.2) is 0 Å². The molecule has 0 amide bonds. The Balaban J connectivity index is 1.76. The first kappa shape index (κ1) is 10.9. The molecule has 86 valence electrons. The minimum atomic E-state index is -0.172. The number of ether oxygens (including phenoxy) is 2. The SMILES string of the molecule is COC(=O)CCC(N)C1CC2CCC1O2. The van der Waals surface area contributed by atoms with Crippen molar-refractivity contribution in [3.8, 4) is 0 Å². The Morgan fingerprint density at radius 2 is 2.40 bits per heavy atom. The van der Waals surface area contributed by atoms with Crippen molar-refractivity contribution < 1.29 is 14.3 Å². The molecule has 4 atom stereocenters. The lowest BCUT2D eigenvalue weighted by Gasteiger charge is -2.24. The van der Waals surface area contributed by atoms with Crippen molar-refractivity contribution in [2.24, 2.45) is 11.7 Å². The van der Waals surface area contributed by atoms with Gasteiger partial charge in [0.1, 0.15) is 0 Å². The summed E-state index contributed by atoms with van der Waals surface area (Å²) in [5.74, 6) is 0.280. The molecule has 2 bridgehead atoms. The van der Waals surface area contributed by atoms with Crippen LogP contribution in [0.5, 0.6) is 0 Å². The van der Waals surface area contributed by atoms with Crippen LogP contribution in [0, 0.1) is 5.92 Å². The fraction of sp³-hybridized carbons (Fsp3) is 0.909. The van der Waals surface area contributed by atoms with Gasteiger partial charge in [0, 0.05) is 18.4 Å². The van der Waals surface area contributed by atoms with E-state index < -0.39 is 0 Å². The zero-order chi connectivity index (χ0) is 10.8. The summed E-state index contributed by atoms with van der Waals surface area (Å²) in [5, 5.41) is 0. The van der Waals surface area contributed by atoms with Crippen molar-refractivity contribution in [3.63, 3.8) is 0 Å². The topological polar surface area (TPSA) is 61.5 Å². The van der Waals surface area contributed by atoms with E-state index in [2.05, 4.69) is 4.74 Å². The first-order chi connectivity index (χ1) is 7.20. The molecular weight excluding hydrogens is 194 g/mol. The van der Waals surface area contributed by atoms with Gasteiger partial charge < -0.3 is 15.2 Å². The minimum absolute atomic E-state index is 0.0828. The minimum Gasteiger partial charge on any atom is -0.469 e. The van der Waals surface area contributed by atoms with Gasteiger partial charge in [-0.2, -0.15) is 0 Å². The lowest BCUT2D eigenvalue weighted by atomic mass is 9.82. The maximum Gasteiger partial charge on any atom is 0.305 e. The molecule has 0 aliphatic carbocycles. The number of methoxy groups -OCH3 is 1. The first-order valence-corrected chi connectivity index (χ1v) is 5.68. The van der Waals surface area contributed by atoms with Crippen molar-refractivity contribution in [1.82, 2.24) is 0 Å². The fourth-order valence-corrected chi connectivity index (χ4v) is 2.73. The average Bonchev–Trinajstić information content (AvgIpc) is 2.86. The molecule has 0 aromatic rings. The summed E-state index contributed by atoms with van der Waals surface area (Å²) in [7, 11) is 1.41. The molecule has 0 aromatic heterocycles. The number of hydrogen-bond acceptors (Lipinski definition) is 4. The van der Waals surface area contributed by atoms with Crippen molar-refractivity contribution in [2.45, 2.75) is 50.4 Å². The molecule has 2 saturated heterocycles. The van der Waals surface area contributed by atoms with Gasteiger partial charge in [-0.1, -0.05) is 0 Å². The van der Waals surface area contributed by atoms with Gasteiger partial charge in [-0.15, -0.1) is 0 Å². The molecule has 2 heterocycles. The van der Waals surface area contributed by atoms with E-state index in [1.165, 1.54) is 13.5 Å². The normalized spacial score (nSPS) is 35.5. The second kappa shape index (κ2) is 4.49. The van der Waals surface area contributed by atoms with Crippen LogP contribution in [0.3, 0.4) is 0 Å². The van der Waals surface area contributed by atoms with E-state index in [-0.39, 0.29) is 12.0 Å². The largest absolute Gasteiger partial charge is 0.469 e. The highest BCUT2D eigenvalue weighted by molar-refractivity contribution is 5.69. The second-order valence-electron chi connectivity index (χ2n) is 4.55. The summed E-state index contributed by atoms with van der Waals surface area (Å²) in [6.07, 6.45) is 5.32. The lowest BCUT2D eigenvalue weighted by Crippen LogP contribution is -2.36. The average molecular weight is 213 g/mol. The van der Waals surface area contributed by atoms with Crippen LogP contribution in [0.2, 0.25) is 0 Å². The summed E-state index contributed by atoms with van der Waals surface area (Å²) in [4.78, 5) is 11.0. The van der Waals surface area contributed by atoms with E-state index in [4.69, 9.17) is 10.5 Å². The Kier molecular flexibility index (Phi) is 3.26. The van der Waals surface area contributed by atoms with Gasteiger partial charge >= 0.3 is 5.97 Å². The molecule has 0 saturated carbocycles. The summed E-state index contributed by atoms with van der Waals surface area (Å²) in [6, 6.07) is 0.0828. The Morgan fingerprint density at radius 1 is 1.60 bits per heavy atom. The standard InChI is InChI=1S/C11H19NO3/c1-14-11(13)5-3-9(12)8-6-7-2-4-10(8)15-7/h7-10H,2-6,12H2,1H3. The third-order valence-electron chi connectivity index (χ3n) is 3.61. The van der Waals surface area contributed by atoms with Gasteiger partial charge in [-0.05, 0) is 25.7 Å². The molecule has 2 N–H and O–H groups in total. The Morgan fingerprint density at radius 3 is 2.93 bits per heavy atom. The van der Waals surface area contributed by atoms with Crippen molar-refractivity contribution in [2.75, 3.05) is 7.11 Å². The molecule has 4 heteroatoms. The van der Waals surface area contributed by atoms with Crippen LogP contribution in [0.1, 0.15) is 32.1 Å².